The molecule has 2 N–H and O–H groups in total. The maximum atomic E-state index is 5.79. The Labute approximate surface area is 92.4 Å². The van der Waals surface area contributed by atoms with Gasteiger partial charge in [-0.1, -0.05) is 32.0 Å². The normalized spacial score (nSPS) is 18.2. The first-order valence-electron chi connectivity index (χ1n) is 5.85. The predicted octanol–water partition coefficient (Wildman–Crippen LogP) is 2.76. The van der Waals surface area contributed by atoms with Gasteiger partial charge in [-0.25, -0.2) is 0 Å². The Hall–Kier alpha value is -1.02. The molecule has 1 aliphatic heterocycles. The third kappa shape index (κ3) is 3.24. The molecule has 0 saturated carbocycles. The van der Waals surface area contributed by atoms with Crippen LogP contribution in [-0.4, -0.2) is 12.6 Å². The van der Waals surface area contributed by atoms with Crippen LogP contribution in [0.4, 0.5) is 0 Å². The molecule has 2 heteroatoms. The van der Waals surface area contributed by atoms with Crippen molar-refractivity contribution in [3.8, 4) is 5.75 Å². The lowest BCUT2D eigenvalue weighted by Gasteiger charge is -2.25. The van der Waals surface area contributed by atoms with Gasteiger partial charge in [0.25, 0.3) is 0 Å². The zero-order valence-corrected chi connectivity index (χ0v) is 9.70. The van der Waals surface area contributed by atoms with Gasteiger partial charge in [0.05, 0.1) is 0 Å². The number of ether oxygens (including phenoxy) is 1. The number of aryl methyl sites for hydroxylation is 1. The summed E-state index contributed by atoms with van der Waals surface area (Å²) in [5.41, 5.74) is 6.83. The Bertz CT molecular complexity index is 286. The van der Waals surface area contributed by atoms with Gasteiger partial charge in [-0.05, 0) is 37.4 Å². The topological polar surface area (TPSA) is 35.2 Å². The molecule has 1 aromatic rings. The smallest absolute Gasteiger partial charge is 0.122 e. The summed E-state index contributed by atoms with van der Waals surface area (Å²) in [6.45, 7) is 4.72. The van der Waals surface area contributed by atoms with Crippen LogP contribution >= 0.6 is 0 Å². The summed E-state index contributed by atoms with van der Waals surface area (Å²) in [5, 5.41) is 0. The number of fused-ring (bicyclic) bond motifs is 1. The number of hydrogen-bond acceptors (Lipinski definition) is 2. The largest absolute Gasteiger partial charge is 0.490 e. The molecule has 0 radical (unpaired) electrons. The molecule has 0 amide bonds. The summed E-state index contributed by atoms with van der Waals surface area (Å²) in [6, 6.07) is 8.25. The Balaban J connectivity index is 0.000000531. The van der Waals surface area contributed by atoms with E-state index in [-0.39, 0.29) is 0 Å². The van der Waals surface area contributed by atoms with Crippen LogP contribution in [0.2, 0.25) is 0 Å². The van der Waals surface area contributed by atoms with Crippen molar-refractivity contribution < 1.29 is 4.74 Å². The van der Waals surface area contributed by atoms with E-state index in [1.54, 1.807) is 0 Å². The number of hydrogen-bond donors (Lipinski definition) is 1. The molecule has 0 aliphatic carbocycles. The molecule has 0 aromatic heterocycles. The van der Waals surface area contributed by atoms with E-state index in [1.165, 1.54) is 5.56 Å². The van der Waals surface area contributed by atoms with Gasteiger partial charge in [0.15, 0.2) is 0 Å². The summed E-state index contributed by atoms with van der Waals surface area (Å²) < 4.78 is 5.79. The molecule has 0 fully saturated rings. The van der Waals surface area contributed by atoms with Crippen LogP contribution in [0.5, 0.6) is 5.75 Å². The fraction of sp³-hybridized carbons (Fsp3) is 0.538. The first-order chi connectivity index (χ1) is 7.40. The Kier molecular flexibility index (Phi) is 5.19. The molecule has 84 valence electrons. The summed E-state index contributed by atoms with van der Waals surface area (Å²) >= 11 is 0. The lowest BCUT2D eigenvalue weighted by Crippen LogP contribution is -2.25. The van der Waals surface area contributed by atoms with Crippen molar-refractivity contribution in [2.45, 2.75) is 39.2 Å². The van der Waals surface area contributed by atoms with E-state index in [9.17, 15) is 0 Å². The van der Waals surface area contributed by atoms with Gasteiger partial charge in [0, 0.05) is 0 Å². The highest BCUT2D eigenvalue weighted by molar-refractivity contribution is 5.35. The number of benzene rings is 1. The van der Waals surface area contributed by atoms with E-state index < -0.39 is 0 Å². The molecule has 1 heterocycles. The van der Waals surface area contributed by atoms with Gasteiger partial charge in [-0.2, -0.15) is 0 Å². The van der Waals surface area contributed by atoms with Crippen LogP contribution in [-0.2, 0) is 6.42 Å². The van der Waals surface area contributed by atoms with Crippen molar-refractivity contribution in [2.75, 3.05) is 6.54 Å². The second-order valence-corrected chi connectivity index (χ2v) is 3.46. The van der Waals surface area contributed by atoms with Crippen molar-refractivity contribution in [3.63, 3.8) is 0 Å². The average molecular weight is 207 g/mol. The summed E-state index contributed by atoms with van der Waals surface area (Å²) in [4.78, 5) is 0. The zero-order chi connectivity index (χ0) is 11.1. The highest BCUT2D eigenvalue weighted by Crippen LogP contribution is 2.27. The van der Waals surface area contributed by atoms with Crippen LogP contribution < -0.4 is 10.5 Å². The molecular formula is C13H21NO. The predicted molar refractivity (Wildman–Crippen MR) is 64.2 cm³/mol. The molecule has 1 atom stereocenters. The zero-order valence-electron chi connectivity index (χ0n) is 9.70. The average Bonchev–Trinajstić information content (AvgIpc) is 2.32. The van der Waals surface area contributed by atoms with Gasteiger partial charge >= 0.3 is 0 Å². The quantitative estimate of drug-likeness (QED) is 0.809. The Morgan fingerprint density at radius 3 is 2.80 bits per heavy atom. The van der Waals surface area contributed by atoms with Crippen LogP contribution in [0, 0.1) is 0 Å². The summed E-state index contributed by atoms with van der Waals surface area (Å²) in [7, 11) is 0. The molecule has 15 heavy (non-hydrogen) atoms. The van der Waals surface area contributed by atoms with Gasteiger partial charge < -0.3 is 10.5 Å². The van der Waals surface area contributed by atoms with Crippen molar-refractivity contribution >= 4 is 0 Å². The molecule has 0 bridgehead atoms. The van der Waals surface area contributed by atoms with Gasteiger partial charge in [-0.3, -0.25) is 0 Å². The Morgan fingerprint density at radius 1 is 1.33 bits per heavy atom. The van der Waals surface area contributed by atoms with Gasteiger partial charge in [0.2, 0.25) is 0 Å². The summed E-state index contributed by atoms with van der Waals surface area (Å²) in [6.07, 6.45) is 3.53. The first kappa shape index (κ1) is 12.1. The van der Waals surface area contributed by atoms with Crippen LogP contribution in [0.15, 0.2) is 24.3 Å². The fourth-order valence-electron chi connectivity index (χ4n) is 1.77. The lowest BCUT2D eigenvalue weighted by molar-refractivity contribution is 0.166. The third-order valence-corrected chi connectivity index (χ3v) is 2.49. The van der Waals surface area contributed by atoms with E-state index in [4.69, 9.17) is 10.5 Å². The maximum Gasteiger partial charge on any atom is 0.122 e. The molecule has 0 spiro atoms. The Morgan fingerprint density at radius 2 is 2.07 bits per heavy atom. The minimum Gasteiger partial charge on any atom is -0.490 e. The summed E-state index contributed by atoms with van der Waals surface area (Å²) in [5.74, 6) is 1.05. The number of para-hydroxylation sites is 1. The molecule has 1 aromatic carbocycles. The highest BCUT2D eigenvalue weighted by atomic mass is 16.5. The molecular weight excluding hydrogens is 186 g/mol. The van der Waals surface area contributed by atoms with Crippen molar-refractivity contribution in [1.82, 2.24) is 0 Å². The lowest BCUT2D eigenvalue weighted by atomic mass is 10.0. The van der Waals surface area contributed by atoms with E-state index in [0.717, 1.165) is 25.0 Å². The standard InChI is InChI=1S/C11H15NO.C2H6/c12-8-7-10-6-5-9-3-1-2-4-11(9)13-10;1-2/h1-4,10H,5-8,12H2;1-2H3. The number of rotatable bonds is 2. The van der Waals surface area contributed by atoms with Gasteiger partial charge in [0.1, 0.15) is 11.9 Å². The highest BCUT2D eigenvalue weighted by Gasteiger charge is 2.17. The molecule has 1 aliphatic rings. The van der Waals surface area contributed by atoms with Crippen molar-refractivity contribution in [3.05, 3.63) is 29.8 Å². The van der Waals surface area contributed by atoms with Crippen LogP contribution in [0.25, 0.3) is 0 Å². The fourth-order valence-corrected chi connectivity index (χ4v) is 1.77. The molecule has 2 nitrogen and oxygen atoms in total. The van der Waals surface area contributed by atoms with E-state index in [1.807, 2.05) is 26.0 Å². The first-order valence-corrected chi connectivity index (χ1v) is 5.85. The molecule has 1 unspecified atom stereocenters. The number of nitrogens with two attached hydrogens (primary N) is 1. The van der Waals surface area contributed by atoms with Crippen LogP contribution in [0.3, 0.4) is 0 Å². The molecule has 0 saturated heterocycles. The maximum absolute atomic E-state index is 5.79. The minimum absolute atomic E-state index is 0.333. The second-order valence-electron chi connectivity index (χ2n) is 3.46. The third-order valence-electron chi connectivity index (χ3n) is 2.49. The minimum atomic E-state index is 0.333. The van der Waals surface area contributed by atoms with E-state index in [0.29, 0.717) is 12.6 Å². The van der Waals surface area contributed by atoms with Crippen molar-refractivity contribution in [2.24, 2.45) is 5.73 Å². The van der Waals surface area contributed by atoms with E-state index >= 15 is 0 Å². The van der Waals surface area contributed by atoms with Crippen LogP contribution in [0.1, 0.15) is 32.3 Å². The van der Waals surface area contributed by atoms with E-state index in [2.05, 4.69) is 12.1 Å². The SMILES string of the molecule is CC.NCCC1CCc2ccccc2O1. The molecule has 2 rings (SSSR count). The second kappa shape index (κ2) is 6.46. The monoisotopic (exact) mass is 207 g/mol. The van der Waals surface area contributed by atoms with Gasteiger partial charge in [-0.15, -0.1) is 0 Å². The van der Waals surface area contributed by atoms with Crippen molar-refractivity contribution in [1.29, 1.82) is 0 Å².